The van der Waals surface area contributed by atoms with Crippen molar-refractivity contribution in [2.75, 3.05) is 19.6 Å². The van der Waals surface area contributed by atoms with Crippen molar-refractivity contribution < 1.29 is 14.3 Å². The minimum atomic E-state index is -0.730. The Morgan fingerprint density at radius 2 is 1.89 bits per heavy atom. The highest BCUT2D eigenvalue weighted by atomic mass is 19.1. The number of β-amino-alcohol motifs (C(OH)–C–C–N with tert-alkyl or cyclic N) is 1. The number of hydrogen-bond donors (Lipinski definition) is 2. The molecular weight excluding hydrogens is 343 g/mol. The molecule has 1 aromatic carbocycles. The topological polar surface area (TPSA) is 52.6 Å². The van der Waals surface area contributed by atoms with Gasteiger partial charge >= 0.3 is 0 Å². The number of piperidine rings is 1. The monoisotopic (exact) mass is 378 g/mol. The molecule has 4 nitrogen and oxygen atoms in total. The number of amides is 1. The zero-order valence-corrected chi connectivity index (χ0v) is 17.4. The molecule has 1 amide bonds. The molecule has 0 saturated carbocycles. The quantitative estimate of drug-likeness (QED) is 0.789. The summed E-state index contributed by atoms with van der Waals surface area (Å²) in [6.45, 7) is 12.2. The predicted octanol–water partition coefficient (Wildman–Crippen LogP) is 3.90. The van der Waals surface area contributed by atoms with Crippen LogP contribution in [-0.4, -0.2) is 41.1 Å². The number of rotatable bonds is 6. The van der Waals surface area contributed by atoms with Gasteiger partial charge in [0.05, 0.1) is 6.10 Å². The maximum atomic E-state index is 13.3. The molecule has 0 unspecified atom stereocenters. The lowest BCUT2D eigenvalue weighted by Crippen LogP contribution is -2.47. The van der Waals surface area contributed by atoms with Gasteiger partial charge in [0.15, 0.2) is 0 Å². The second kappa shape index (κ2) is 8.70. The summed E-state index contributed by atoms with van der Waals surface area (Å²) in [6.07, 6.45) is 2.28. The van der Waals surface area contributed by atoms with Crippen LogP contribution in [0.1, 0.15) is 65.5 Å². The average molecular weight is 379 g/mol. The molecule has 2 rings (SSSR count). The number of aliphatic hydroxyl groups excluding tert-OH is 1. The van der Waals surface area contributed by atoms with Crippen molar-refractivity contribution in [2.45, 2.75) is 65.5 Å². The number of carbonyl (C=O) groups is 1. The molecule has 5 heteroatoms. The molecule has 1 saturated heterocycles. The Labute approximate surface area is 163 Å². The van der Waals surface area contributed by atoms with Crippen molar-refractivity contribution in [3.05, 3.63) is 35.6 Å². The van der Waals surface area contributed by atoms with Crippen LogP contribution in [0.25, 0.3) is 0 Å². The maximum Gasteiger partial charge on any atom is 0.227 e. The number of nitrogens with zero attached hydrogens (tertiary/aromatic N) is 1. The Hall–Kier alpha value is -1.46. The zero-order chi connectivity index (χ0) is 20.2. The van der Waals surface area contributed by atoms with Crippen LogP contribution in [0.5, 0.6) is 0 Å². The summed E-state index contributed by atoms with van der Waals surface area (Å²) < 4.78 is 13.3. The van der Waals surface area contributed by atoms with E-state index in [-0.39, 0.29) is 22.7 Å². The van der Waals surface area contributed by atoms with E-state index in [1.807, 2.05) is 25.7 Å². The molecule has 1 aliphatic heterocycles. The fourth-order valence-electron chi connectivity index (χ4n) is 3.81. The molecule has 0 aliphatic carbocycles. The summed E-state index contributed by atoms with van der Waals surface area (Å²) in [5, 5.41) is 13.7. The van der Waals surface area contributed by atoms with E-state index in [0.717, 1.165) is 32.4 Å². The number of hydrogen-bond acceptors (Lipinski definition) is 3. The molecule has 27 heavy (non-hydrogen) atoms. The second-order valence-corrected chi connectivity index (χ2v) is 9.53. The van der Waals surface area contributed by atoms with Gasteiger partial charge in [-0.15, -0.1) is 0 Å². The van der Waals surface area contributed by atoms with E-state index in [1.165, 1.54) is 12.1 Å². The minimum absolute atomic E-state index is 0.130. The third kappa shape index (κ3) is 6.58. The van der Waals surface area contributed by atoms with Crippen LogP contribution in [0.4, 0.5) is 4.39 Å². The van der Waals surface area contributed by atoms with Crippen LogP contribution in [0.15, 0.2) is 24.3 Å². The van der Waals surface area contributed by atoms with E-state index >= 15 is 0 Å². The number of carbonyl (C=O) groups excluding carboxylic acids is 1. The summed E-state index contributed by atoms with van der Waals surface area (Å²) in [6, 6.07) is 6.11. The van der Waals surface area contributed by atoms with Crippen LogP contribution in [0.3, 0.4) is 0 Å². The fourth-order valence-corrected chi connectivity index (χ4v) is 3.81. The number of likely N-dealkylation sites (tertiary alicyclic amines) is 1. The lowest BCUT2D eigenvalue weighted by atomic mass is 9.83. The SMILES string of the molecule is CC(C)(CC1CCN(C(=O)C(C)(C)C)CC1)NC[C@H](O)c1cccc(F)c1. The first-order chi connectivity index (χ1) is 12.5. The smallest absolute Gasteiger partial charge is 0.227 e. The van der Waals surface area contributed by atoms with Gasteiger partial charge in [-0.3, -0.25) is 4.79 Å². The average Bonchev–Trinajstić information content (AvgIpc) is 2.58. The highest BCUT2D eigenvalue weighted by Gasteiger charge is 2.32. The Morgan fingerprint density at radius 3 is 2.44 bits per heavy atom. The third-order valence-corrected chi connectivity index (χ3v) is 5.35. The first kappa shape index (κ1) is 21.8. The summed E-state index contributed by atoms with van der Waals surface area (Å²) in [5.41, 5.74) is 0.142. The second-order valence-electron chi connectivity index (χ2n) is 9.53. The van der Waals surface area contributed by atoms with Gasteiger partial charge in [0.25, 0.3) is 0 Å². The fraction of sp³-hybridized carbons (Fsp3) is 0.682. The van der Waals surface area contributed by atoms with Gasteiger partial charge in [0.1, 0.15) is 5.82 Å². The van der Waals surface area contributed by atoms with E-state index in [0.29, 0.717) is 18.0 Å². The van der Waals surface area contributed by atoms with E-state index in [4.69, 9.17) is 0 Å². The zero-order valence-electron chi connectivity index (χ0n) is 17.4. The van der Waals surface area contributed by atoms with E-state index in [9.17, 15) is 14.3 Å². The Morgan fingerprint density at radius 1 is 1.26 bits per heavy atom. The maximum absolute atomic E-state index is 13.3. The Bertz CT molecular complexity index is 631. The van der Waals surface area contributed by atoms with Crippen LogP contribution in [-0.2, 0) is 4.79 Å². The summed E-state index contributed by atoms with van der Waals surface area (Å²) in [7, 11) is 0. The van der Waals surface area contributed by atoms with Crippen molar-refractivity contribution in [3.63, 3.8) is 0 Å². The van der Waals surface area contributed by atoms with E-state index < -0.39 is 6.10 Å². The largest absolute Gasteiger partial charge is 0.387 e. The lowest BCUT2D eigenvalue weighted by Gasteiger charge is -2.39. The van der Waals surface area contributed by atoms with Crippen LogP contribution in [0.2, 0.25) is 0 Å². The first-order valence-corrected chi connectivity index (χ1v) is 9.96. The Kier molecular flexibility index (Phi) is 7.03. The molecule has 0 spiro atoms. The van der Waals surface area contributed by atoms with Gasteiger partial charge in [-0.1, -0.05) is 32.9 Å². The highest BCUT2D eigenvalue weighted by Crippen LogP contribution is 2.29. The van der Waals surface area contributed by atoms with Crippen molar-refractivity contribution >= 4 is 5.91 Å². The molecule has 0 radical (unpaired) electrons. The molecule has 152 valence electrons. The van der Waals surface area contributed by atoms with E-state index in [1.54, 1.807) is 12.1 Å². The molecule has 1 atom stereocenters. The predicted molar refractivity (Wildman–Crippen MR) is 107 cm³/mol. The van der Waals surface area contributed by atoms with Crippen molar-refractivity contribution in [1.29, 1.82) is 0 Å². The first-order valence-electron chi connectivity index (χ1n) is 9.96. The van der Waals surface area contributed by atoms with Crippen molar-refractivity contribution in [2.24, 2.45) is 11.3 Å². The minimum Gasteiger partial charge on any atom is -0.387 e. The standard InChI is InChI=1S/C22H35FN2O2/c1-21(2,3)20(27)25-11-9-16(10-12-25)14-22(4,5)24-15-19(26)17-7-6-8-18(23)13-17/h6-8,13,16,19,24,26H,9-12,14-15H2,1-5H3/t19-/m0/s1. The molecule has 0 bridgehead atoms. The summed E-state index contributed by atoms with van der Waals surface area (Å²) >= 11 is 0. The van der Waals surface area contributed by atoms with Gasteiger partial charge in [-0.05, 0) is 56.7 Å². The summed E-state index contributed by atoms with van der Waals surface area (Å²) in [4.78, 5) is 14.4. The molecule has 1 aromatic rings. The molecule has 1 heterocycles. The third-order valence-electron chi connectivity index (χ3n) is 5.35. The molecule has 1 fully saturated rings. The van der Waals surface area contributed by atoms with Gasteiger partial charge < -0.3 is 15.3 Å². The van der Waals surface area contributed by atoms with Crippen LogP contribution in [0, 0.1) is 17.2 Å². The van der Waals surface area contributed by atoms with Gasteiger partial charge in [-0.25, -0.2) is 4.39 Å². The lowest BCUT2D eigenvalue weighted by molar-refractivity contribution is -0.141. The molecule has 0 aromatic heterocycles. The highest BCUT2D eigenvalue weighted by molar-refractivity contribution is 5.81. The van der Waals surface area contributed by atoms with Crippen LogP contribution < -0.4 is 5.32 Å². The number of nitrogens with one attached hydrogen (secondary N) is 1. The molecule has 1 aliphatic rings. The Balaban J connectivity index is 1.80. The van der Waals surface area contributed by atoms with Gasteiger partial charge in [0, 0.05) is 30.6 Å². The van der Waals surface area contributed by atoms with Crippen molar-refractivity contribution in [1.82, 2.24) is 10.2 Å². The molecule has 2 N–H and O–H groups in total. The molecular formula is C22H35FN2O2. The van der Waals surface area contributed by atoms with E-state index in [2.05, 4.69) is 19.2 Å². The number of aliphatic hydroxyl groups is 1. The number of halogens is 1. The normalized spacial score (nSPS) is 17.8. The van der Waals surface area contributed by atoms with Crippen molar-refractivity contribution in [3.8, 4) is 0 Å². The summed E-state index contributed by atoms with van der Waals surface area (Å²) in [5.74, 6) is 0.460. The van der Waals surface area contributed by atoms with Crippen LogP contribution >= 0.6 is 0 Å². The van der Waals surface area contributed by atoms with Gasteiger partial charge in [0.2, 0.25) is 5.91 Å². The van der Waals surface area contributed by atoms with Gasteiger partial charge in [-0.2, -0.15) is 0 Å². The number of benzene rings is 1.